The molecule has 0 atom stereocenters. The molecule has 17 heavy (non-hydrogen) atoms. The van der Waals surface area contributed by atoms with E-state index in [1.54, 1.807) is 36.5 Å². The minimum Gasteiger partial charge on any atom is -0.282 e. The summed E-state index contributed by atoms with van der Waals surface area (Å²) in [5.41, 5.74) is 1.13. The van der Waals surface area contributed by atoms with E-state index in [2.05, 4.69) is 4.98 Å². The number of hydrogen-bond acceptors (Lipinski definition) is 3. The average Bonchev–Trinajstić information content (AvgIpc) is 2.42. The lowest BCUT2D eigenvalue weighted by Gasteiger charge is -2.15. The summed E-state index contributed by atoms with van der Waals surface area (Å²) in [6, 6.07) is 14.3. The fourth-order valence-electron chi connectivity index (χ4n) is 1.43. The third-order valence-electron chi connectivity index (χ3n) is 2.25. The molecule has 0 amide bonds. The van der Waals surface area contributed by atoms with Gasteiger partial charge in [0.2, 0.25) is 0 Å². The molecule has 2 aromatic rings. The Morgan fingerprint density at radius 1 is 1.12 bits per heavy atom. The maximum atomic E-state index is 9.12. The van der Waals surface area contributed by atoms with Crippen molar-refractivity contribution < 1.29 is 0 Å². The van der Waals surface area contributed by atoms with Gasteiger partial charge in [0.05, 0.1) is 5.69 Å². The van der Waals surface area contributed by atoms with E-state index in [0.29, 0.717) is 11.4 Å². The SMILES string of the molecule is N#CN(C(=N)c1ccccn1)c1ccccc1. The fourth-order valence-corrected chi connectivity index (χ4v) is 1.43. The molecule has 0 saturated carbocycles. The Hall–Kier alpha value is -2.67. The van der Waals surface area contributed by atoms with Crippen LogP contribution in [0.5, 0.6) is 0 Å². The molecule has 1 N–H and O–H groups in total. The summed E-state index contributed by atoms with van der Waals surface area (Å²) >= 11 is 0. The molecule has 1 aromatic carbocycles. The largest absolute Gasteiger partial charge is 0.282 e. The number of aromatic nitrogens is 1. The lowest BCUT2D eigenvalue weighted by atomic mass is 10.2. The number of hydrogen-bond donors (Lipinski definition) is 1. The quantitative estimate of drug-likeness (QED) is 0.367. The Kier molecular flexibility index (Phi) is 3.13. The van der Waals surface area contributed by atoms with Gasteiger partial charge in [-0.15, -0.1) is 0 Å². The summed E-state index contributed by atoms with van der Waals surface area (Å²) in [4.78, 5) is 5.29. The van der Waals surface area contributed by atoms with E-state index in [0.717, 1.165) is 0 Å². The van der Waals surface area contributed by atoms with Crippen molar-refractivity contribution in [2.75, 3.05) is 4.90 Å². The highest BCUT2D eigenvalue weighted by Crippen LogP contribution is 2.14. The van der Waals surface area contributed by atoms with E-state index in [1.807, 2.05) is 24.4 Å². The van der Waals surface area contributed by atoms with E-state index in [1.165, 1.54) is 4.90 Å². The average molecular weight is 222 g/mol. The smallest absolute Gasteiger partial charge is 0.190 e. The van der Waals surface area contributed by atoms with Crippen LogP contribution >= 0.6 is 0 Å². The first-order valence-electron chi connectivity index (χ1n) is 5.08. The first-order chi connectivity index (χ1) is 8.33. The van der Waals surface area contributed by atoms with Crippen LogP contribution in [-0.2, 0) is 0 Å². The van der Waals surface area contributed by atoms with E-state index in [4.69, 9.17) is 10.7 Å². The van der Waals surface area contributed by atoms with Gasteiger partial charge >= 0.3 is 0 Å². The van der Waals surface area contributed by atoms with Crippen LogP contribution < -0.4 is 4.90 Å². The van der Waals surface area contributed by atoms with Crippen LogP contribution in [0.1, 0.15) is 5.69 Å². The number of nitriles is 1. The number of anilines is 1. The second kappa shape index (κ2) is 4.90. The Morgan fingerprint density at radius 2 is 1.82 bits per heavy atom. The van der Waals surface area contributed by atoms with Gasteiger partial charge in [-0.1, -0.05) is 24.3 Å². The number of pyridine rings is 1. The number of rotatable bonds is 2. The second-order valence-corrected chi connectivity index (χ2v) is 3.33. The Labute approximate surface area is 99.3 Å². The lowest BCUT2D eigenvalue weighted by Crippen LogP contribution is -2.26. The van der Waals surface area contributed by atoms with Gasteiger partial charge in [-0.25, -0.2) is 4.90 Å². The molecule has 0 aliphatic rings. The van der Waals surface area contributed by atoms with Crippen molar-refractivity contribution in [2.45, 2.75) is 0 Å². The number of benzene rings is 1. The molecule has 0 saturated heterocycles. The van der Waals surface area contributed by atoms with Crippen molar-refractivity contribution in [1.82, 2.24) is 4.98 Å². The molecule has 0 fully saturated rings. The van der Waals surface area contributed by atoms with Gasteiger partial charge in [-0.3, -0.25) is 10.4 Å². The third kappa shape index (κ3) is 2.29. The fraction of sp³-hybridized carbons (Fsp3) is 0. The maximum absolute atomic E-state index is 9.12. The first kappa shape index (κ1) is 10.8. The first-order valence-corrected chi connectivity index (χ1v) is 5.08. The molecule has 0 aliphatic carbocycles. The molecule has 0 unspecified atom stereocenters. The third-order valence-corrected chi connectivity index (χ3v) is 2.25. The molecule has 0 radical (unpaired) electrons. The van der Waals surface area contributed by atoms with E-state index in [9.17, 15) is 0 Å². The van der Waals surface area contributed by atoms with Crippen molar-refractivity contribution in [3.8, 4) is 6.19 Å². The molecule has 0 bridgehead atoms. The van der Waals surface area contributed by atoms with Gasteiger partial charge in [-0.05, 0) is 24.3 Å². The number of nitrogens with one attached hydrogen (secondary N) is 1. The number of nitrogens with zero attached hydrogens (tertiary/aromatic N) is 3. The molecule has 82 valence electrons. The maximum Gasteiger partial charge on any atom is 0.190 e. The molecule has 1 heterocycles. The predicted molar refractivity (Wildman–Crippen MR) is 65.6 cm³/mol. The van der Waals surface area contributed by atoms with Gasteiger partial charge < -0.3 is 0 Å². The molecular weight excluding hydrogens is 212 g/mol. The van der Waals surface area contributed by atoms with Gasteiger partial charge in [0.15, 0.2) is 12.0 Å². The van der Waals surface area contributed by atoms with Crippen LogP contribution in [-0.4, -0.2) is 10.8 Å². The van der Waals surface area contributed by atoms with Gasteiger partial charge in [0.1, 0.15) is 5.69 Å². The standard InChI is InChI=1S/C13H10N4/c14-10-17(11-6-2-1-3-7-11)13(15)12-8-4-5-9-16-12/h1-9,15H. The molecule has 2 rings (SSSR count). The molecule has 0 spiro atoms. The number of amidine groups is 1. The molecule has 4 nitrogen and oxygen atoms in total. The summed E-state index contributed by atoms with van der Waals surface area (Å²) in [6.45, 7) is 0. The molecular formula is C13H10N4. The summed E-state index contributed by atoms with van der Waals surface area (Å²) in [6.07, 6.45) is 3.59. The minimum atomic E-state index is 0.0688. The van der Waals surface area contributed by atoms with Crippen LogP contribution in [0.3, 0.4) is 0 Å². The Bertz CT molecular complexity index is 543. The zero-order chi connectivity index (χ0) is 12.1. The van der Waals surface area contributed by atoms with E-state index < -0.39 is 0 Å². The highest BCUT2D eigenvalue weighted by molar-refractivity contribution is 6.08. The van der Waals surface area contributed by atoms with Crippen molar-refractivity contribution in [1.29, 1.82) is 10.7 Å². The van der Waals surface area contributed by atoms with Gasteiger partial charge in [0.25, 0.3) is 0 Å². The van der Waals surface area contributed by atoms with Gasteiger partial charge in [-0.2, -0.15) is 5.26 Å². The van der Waals surface area contributed by atoms with E-state index in [-0.39, 0.29) is 5.84 Å². The van der Waals surface area contributed by atoms with Crippen LogP contribution in [0, 0.1) is 16.9 Å². The van der Waals surface area contributed by atoms with Crippen molar-refractivity contribution in [3.05, 3.63) is 60.4 Å². The van der Waals surface area contributed by atoms with Crippen molar-refractivity contribution in [2.24, 2.45) is 0 Å². The molecule has 0 aliphatic heterocycles. The predicted octanol–water partition coefficient (Wildman–Crippen LogP) is 2.39. The summed E-state index contributed by atoms with van der Waals surface area (Å²) < 4.78 is 0. The van der Waals surface area contributed by atoms with Gasteiger partial charge in [0, 0.05) is 6.20 Å². The zero-order valence-electron chi connectivity index (χ0n) is 9.04. The monoisotopic (exact) mass is 222 g/mol. The van der Waals surface area contributed by atoms with Crippen LogP contribution in [0.25, 0.3) is 0 Å². The summed E-state index contributed by atoms with van der Waals surface area (Å²) in [7, 11) is 0. The van der Waals surface area contributed by atoms with Crippen molar-refractivity contribution >= 4 is 11.5 Å². The van der Waals surface area contributed by atoms with E-state index >= 15 is 0 Å². The zero-order valence-corrected chi connectivity index (χ0v) is 9.04. The molecule has 4 heteroatoms. The summed E-state index contributed by atoms with van der Waals surface area (Å²) in [5, 5.41) is 17.1. The minimum absolute atomic E-state index is 0.0688. The Morgan fingerprint density at radius 3 is 2.41 bits per heavy atom. The van der Waals surface area contributed by atoms with Crippen molar-refractivity contribution in [3.63, 3.8) is 0 Å². The van der Waals surface area contributed by atoms with Crippen LogP contribution in [0.2, 0.25) is 0 Å². The Balaban J connectivity index is 2.33. The number of para-hydroxylation sites is 1. The highest BCUT2D eigenvalue weighted by atomic mass is 15.2. The van der Waals surface area contributed by atoms with Crippen LogP contribution in [0.4, 0.5) is 5.69 Å². The topological polar surface area (TPSA) is 63.8 Å². The molecule has 1 aromatic heterocycles. The normalized spacial score (nSPS) is 9.35. The summed E-state index contributed by atoms with van der Waals surface area (Å²) in [5.74, 6) is 0.0688. The second-order valence-electron chi connectivity index (χ2n) is 3.33. The van der Waals surface area contributed by atoms with Crippen LogP contribution in [0.15, 0.2) is 54.7 Å². The highest BCUT2D eigenvalue weighted by Gasteiger charge is 2.13. The lowest BCUT2D eigenvalue weighted by molar-refractivity contribution is 1.21.